The molecule has 0 aliphatic heterocycles. The van der Waals surface area contributed by atoms with E-state index in [-0.39, 0.29) is 0 Å². The smallest absolute Gasteiger partial charge is 0.0666 e. The normalized spacial score (nSPS) is 12.9. The second-order valence-corrected chi connectivity index (χ2v) is 4.93. The molecule has 1 aromatic rings. The van der Waals surface area contributed by atoms with Gasteiger partial charge in [-0.3, -0.25) is 4.68 Å². The average Bonchev–Trinajstić information content (AvgIpc) is 2.70. The van der Waals surface area contributed by atoms with Gasteiger partial charge >= 0.3 is 0 Å². The Kier molecular flexibility index (Phi) is 6.98. The Balaban J connectivity index is 2.39. The van der Waals surface area contributed by atoms with Gasteiger partial charge in [0.05, 0.1) is 5.69 Å². The summed E-state index contributed by atoms with van der Waals surface area (Å²) in [6.45, 7) is 6.48. The van der Waals surface area contributed by atoms with Gasteiger partial charge in [0, 0.05) is 32.0 Å². The van der Waals surface area contributed by atoms with Crippen molar-refractivity contribution in [3.63, 3.8) is 0 Å². The monoisotopic (exact) mass is 253 g/mol. The van der Waals surface area contributed by atoms with Crippen LogP contribution < -0.4 is 5.32 Å². The third-order valence-corrected chi connectivity index (χ3v) is 3.31. The Bertz CT molecular complexity index is 330. The summed E-state index contributed by atoms with van der Waals surface area (Å²) in [6, 6.07) is 0. The first-order valence-electron chi connectivity index (χ1n) is 7.04. The van der Waals surface area contributed by atoms with E-state index in [0.717, 1.165) is 25.9 Å². The molecule has 4 heteroatoms. The van der Waals surface area contributed by atoms with Crippen molar-refractivity contribution in [3.05, 3.63) is 17.5 Å². The van der Waals surface area contributed by atoms with Crippen molar-refractivity contribution in [1.29, 1.82) is 0 Å². The average molecular weight is 253 g/mol. The number of nitrogens with one attached hydrogen (secondary N) is 1. The quantitative estimate of drug-likeness (QED) is 0.706. The second-order valence-electron chi connectivity index (χ2n) is 4.93. The molecule has 1 atom stereocenters. The van der Waals surface area contributed by atoms with E-state index in [1.807, 2.05) is 11.7 Å². The van der Waals surface area contributed by atoms with Crippen LogP contribution in [0.2, 0.25) is 0 Å². The lowest BCUT2D eigenvalue weighted by molar-refractivity contribution is 0.248. The molecule has 0 spiro atoms. The van der Waals surface area contributed by atoms with Gasteiger partial charge in [0.25, 0.3) is 0 Å². The third kappa shape index (κ3) is 4.78. The molecule has 18 heavy (non-hydrogen) atoms. The molecule has 1 aromatic heterocycles. The molecule has 0 amide bonds. The molecule has 0 aliphatic rings. The van der Waals surface area contributed by atoms with E-state index in [9.17, 15) is 0 Å². The van der Waals surface area contributed by atoms with E-state index in [4.69, 9.17) is 5.11 Å². The molecule has 4 nitrogen and oxygen atoms in total. The van der Waals surface area contributed by atoms with Crippen LogP contribution in [0.1, 0.15) is 44.4 Å². The topological polar surface area (TPSA) is 50.1 Å². The summed E-state index contributed by atoms with van der Waals surface area (Å²) >= 11 is 0. The minimum absolute atomic E-state index is 0.291. The fraction of sp³-hybridized carbons (Fsp3) is 0.786. The Morgan fingerprint density at radius 1 is 1.39 bits per heavy atom. The molecule has 1 rings (SSSR count). The molecule has 104 valence electrons. The Morgan fingerprint density at radius 2 is 2.17 bits per heavy atom. The molecule has 1 heterocycles. The molecule has 0 saturated carbocycles. The van der Waals surface area contributed by atoms with E-state index in [2.05, 4.69) is 30.5 Å². The molecule has 0 aromatic carbocycles. The number of aryl methyl sites for hydroxylation is 2. The summed E-state index contributed by atoms with van der Waals surface area (Å²) in [4.78, 5) is 0. The van der Waals surface area contributed by atoms with Gasteiger partial charge in [0.2, 0.25) is 0 Å². The molecule has 0 radical (unpaired) electrons. The van der Waals surface area contributed by atoms with Gasteiger partial charge in [-0.2, -0.15) is 5.10 Å². The lowest BCUT2D eigenvalue weighted by atomic mass is 10.0. The largest absolute Gasteiger partial charge is 0.396 e. The third-order valence-electron chi connectivity index (χ3n) is 3.31. The molecular formula is C14H27N3O. The fourth-order valence-electron chi connectivity index (χ4n) is 2.38. The van der Waals surface area contributed by atoms with Crippen molar-refractivity contribution in [2.45, 2.75) is 46.1 Å². The summed E-state index contributed by atoms with van der Waals surface area (Å²) in [5.74, 6) is 0.585. The van der Waals surface area contributed by atoms with Crippen molar-refractivity contribution in [2.24, 2.45) is 13.0 Å². The van der Waals surface area contributed by atoms with Crippen molar-refractivity contribution < 1.29 is 5.11 Å². The zero-order chi connectivity index (χ0) is 13.4. The Labute approximate surface area is 110 Å². The van der Waals surface area contributed by atoms with Crippen LogP contribution in [0.25, 0.3) is 0 Å². The summed E-state index contributed by atoms with van der Waals surface area (Å²) in [7, 11) is 1.97. The minimum Gasteiger partial charge on any atom is -0.396 e. The Hall–Kier alpha value is -0.870. The van der Waals surface area contributed by atoms with E-state index >= 15 is 0 Å². The van der Waals surface area contributed by atoms with Crippen LogP contribution in [0.4, 0.5) is 0 Å². The van der Waals surface area contributed by atoms with Gasteiger partial charge in [-0.1, -0.05) is 20.3 Å². The minimum atomic E-state index is 0.291. The predicted octanol–water partition coefficient (Wildman–Crippen LogP) is 1.87. The highest BCUT2D eigenvalue weighted by Gasteiger charge is 2.09. The molecule has 0 fully saturated rings. The van der Waals surface area contributed by atoms with Crippen molar-refractivity contribution in [3.8, 4) is 0 Å². The zero-order valence-corrected chi connectivity index (χ0v) is 11.9. The highest BCUT2D eigenvalue weighted by Crippen LogP contribution is 2.11. The van der Waals surface area contributed by atoms with Crippen LogP contribution in [0.15, 0.2) is 6.20 Å². The first kappa shape index (κ1) is 15.2. The number of hydrogen-bond donors (Lipinski definition) is 2. The van der Waals surface area contributed by atoms with Crippen molar-refractivity contribution >= 4 is 0 Å². The van der Waals surface area contributed by atoms with E-state index in [0.29, 0.717) is 12.5 Å². The van der Waals surface area contributed by atoms with Gasteiger partial charge in [0.15, 0.2) is 0 Å². The van der Waals surface area contributed by atoms with E-state index in [1.165, 1.54) is 24.1 Å². The zero-order valence-electron chi connectivity index (χ0n) is 11.9. The predicted molar refractivity (Wildman–Crippen MR) is 74.4 cm³/mol. The lowest BCUT2D eigenvalue weighted by Crippen LogP contribution is -2.23. The summed E-state index contributed by atoms with van der Waals surface area (Å²) in [6.07, 6.45) is 6.33. The Morgan fingerprint density at radius 3 is 2.78 bits per heavy atom. The molecule has 0 saturated heterocycles. The van der Waals surface area contributed by atoms with Crippen LogP contribution in [-0.4, -0.2) is 28.0 Å². The van der Waals surface area contributed by atoms with E-state index < -0.39 is 0 Å². The second kappa shape index (κ2) is 8.27. The highest BCUT2D eigenvalue weighted by atomic mass is 16.3. The molecule has 0 aliphatic carbocycles. The van der Waals surface area contributed by atoms with Gasteiger partial charge in [-0.05, 0) is 31.7 Å². The number of nitrogens with zero attached hydrogens (tertiary/aromatic N) is 2. The summed E-state index contributed by atoms with van der Waals surface area (Å²) < 4.78 is 1.88. The summed E-state index contributed by atoms with van der Waals surface area (Å²) in [5, 5.41) is 17.0. The number of aliphatic hydroxyl groups excluding tert-OH is 1. The molecule has 1 unspecified atom stereocenters. The van der Waals surface area contributed by atoms with Gasteiger partial charge < -0.3 is 10.4 Å². The standard InChI is InChI=1S/C14H27N3O/c1-4-6-12(7-8-18)9-15-10-13-11-17(3)16-14(13)5-2/h11-12,15,18H,4-10H2,1-3H3. The molecule has 0 bridgehead atoms. The van der Waals surface area contributed by atoms with Crippen LogP contribution in [0.5, 0.6) is 0 Å². The van der Waals surface area contributed by atoms with Gasteiger partial charge in [-0.15, -0.1) is 0 Å². The van der Waals surface area contributed by atoms with E-state index in [1.54, 1.807) is 0 Å². The number of hydrogen-bond acceptors (Lipinski definition) is 3. The van der Waals surface area contributed by atoms with Crippen LogP contribution in [0.3, 0.4) is 0 Å². The maximum Gasteiger partial charge on any atom is 0.0666 e. The van der Waals surface area contributed by atoms with Crippen LogP contribution in [0, 0.1) is 5.92 Å². The lowest BCUT2D eigenvalue weighted by Gasteiger charge is -2.15. The fourth-order valence-corrected chi connectivity index (χ4v) is 2.38. The highest BCUT2D eigenvalue weighted by molar-refractivity contribution is 5.16. The van der Waals surface area contributed by atoms with Crippen molar-refractivity contribution in [2.75, 3.05) is 13.2 Å². The van der Waals surface area contributed by atoms with Crippen molar-refractivity contribution in [1.82, 2.24) is 15.1 Å². The number of aliphatic hydroxyl groups is 1. The first-order chi connectivity index (χ1) is 8.71. The number of rotatable bonds is 9. The molecular weight excluding hydrogens is 226 g/mol. The molecule has 2 N–H and O–H groups in total. The van der Waals surface area contributed by atoms with Crippen LogP contribution in [-0.2, 0) is 20.0 Å². The van der Waals surface area contributed by atoms with Gasteiger partial charge in [0.1, 0.15) is 0 Å². The SMILES string of the molecule is CCCC(CCO)CNCc1cn(C)nc1CC. The van der Waals surface area contributed by atoms with Gasteiger partial charge in [-0.25, -0.2) is 0 Å². The summed E-state index contributed by atoms with van der Waals surface area (Å²) in [5.41, 5.74) is 2.47. The van der Waals surface area contributed by atoms with Crippen LogP contribution >= 0.6 is 0 Å². The maximum absolute atomic E-state index is 9.02. The number of aromatic nitrogens is 2. The first-order valence-corrected chi connectivity index (χ1v) is 7.04. The maximum atomic E-state index is 9.02.